The van der Waals surface area contributed by atoms with Crippen molar-refractivity contribution < 1.29 is 14.4 Å². The van der Waals surface area contributed by atoms with Crippen molar-refractivity contribution in [2.75, 3.05) is 10.6 Å². The van der Waals surface area contributed by atoms with E-state index in [1.54, 1.807) is 54.7 Å². The fraction of sp³-hybridized carbons (Fsp3) is 0.100. The highest BCUT2D eigenvalue weighted by Gasteiger charge is 2.22. The van der Waals surface area contributed by atoms with Gasteiger partial charge in [0.1, 0.15) is 16.8 Å². The molecule has 0 saturated carbocycles. The van der Waals surface area contributed by atoms with Crippen LogP contribution in [0.25, 0.3) is 28.1 Å². The first-order chi connectivity index (χ1) is 24.3. The Kier molecular flexibility index (Phi) is 10.6. The van der Waals surface area contributed by atoms with Crippen molar-refractivity contribution in [1.82, 2.24) is 10.3 Å². The number of nitrogens with zero attached hydrogens (tertiary/aromatic N) is 1. The van der Waals surface area contributed by atoms with E-state index < -0.39 is 17.1 Å². The van der Waals surface area contributed by atoms with E-state index in [9.17, 15) is 19.6 Å². The maximum atomic E-state index is 13.7. The second-order valence-corrected chi connectivity index (χ2v) is 13.6. The normalized spacial score (nSPS) is 11.8. The first-order valence-electron chi connectivity index (χ1n) is 15.9. The third kappa shape index (κ3) is 7.87. The van der Waals surface area contributed by atoms with Crippen LogP contribution in [0.1, 0.15) is 40.4 Å². The monoisotopic (exact) mass is 695 g/mol. The molecule has 0 spiro atoms. The molecule has 8 nitrogen and oxygen atoms in total. The van der Waals surface area contributed by atoms with E-state index in [-0.39, 0.29) is 11.6 Å². The molecule has 2 heterocycles. The smallest absolute Gasteiger partial charge is 0.272 e. The van der Waals surface area contributed by atoms with Crippen molar-refractivity contribution in [2.45, 2.75) is 30.4 Å². The van der Waals surface area contributed by atoms with Gasteiger partial charge in [-0.3, -0.25) is 14.4 Å². The largest absolute Gasteiger partial charge is 0.361 e. The first kappa shape index (κ1) is 34.0. The standard InChI is InChI=1S/C40H33N5O3S2/c1-3-36(39(48)45-40-32(22-41)33(24-49-40)26-18-16-25(2)17-19-26)50-30-13-9-12-29(21-30)43-38(47)35(44-37(46)27-10-5-4-6-11-27)20-28-23-42-34-15-8-7-14-31(28)34/h4-21,23-24,36,42H,3H2,1-2H3,(H,43,47)(H,44,46)(H,45,48)/b35-20-. The molecule has 4 aromatic carbocycles. The number of carbonyl (C=O) groups is 3. The number of nitriles is 1. The molecule has 0 aliphatic heterocycles. The van der Waals surface area contributed by atoms with Crippen molar-refractivity contribution in [2.24, 2.45) is 0 Å². The van der Waals surface area contributed by atoms with Crippen molar-refractivity contribution in [1.29, 1.82) is 5.26 Å². The van der Waals surface area contributed by atoms with Gasteiger partial charge in [-0.2, -0.15) is 5.26 Å². The fourth-order valence-electron chi connectivity index (χ4n) is 5.34. The molecule has 0 bridgehead atoms. The molecular weight excluding hydrogens is 663 g/mol. The number of anilines is 2. The summed E-state index contributed by atoms with van der Waals surface area (Å²) in [6.07, 6.45) is 3.97. The van der Waals surface area contributed by atoms with Crippen LogP contribution in [0.4, 0.5) is 10.7 Å². The van der Waals surface area contributed by atoms with Crippen LogP contribution in [0, 0.1) is 18.3 Å². The van der Waals surface area contributed by atoms with Gasteiger partial charge >= 0.3 is 0 Å². The second kappa shape index (κ2) is 15.6. The Morgan fingerprint density at radius 2 is 1.70 bits per heavy atom. The summed E-state index contributed by atoms with van der Waals surface area (Å²) in [5.74, 6) is -1.13. The van der Waals surface area contributed by atoms with Crippen LogP contribution in [0.5, 0.6) is 0 Å². The zero-order valence-corrected chi connectivity index (χ0v) is 29.0. The lowest BCUT2D eigenvalue weighted by Gasteiger charge is -2.15. The minimum Gasteiger partial charge on any atom is -0.361 e. The number of H-pyrrole nitrogens is 1. The summed E-state index contributed by atoms with van der Waals surface area (Å²) in [7, 11) is 0. The van der Waals surface area contributed by atoms with Gasteiger partial charge in [-0.25, -0.2) is 0 Å². The second-order valence-electron chi connectivity index (χ2n) is 11.5. The van der Waals surface area contributed by atoms with Gasteiger partial charge in [0.2, 0.25) is 5.91 Å². The van der Waals surface area contributed by atoms with E-state index in [0.717, 1.165) is 38.1 Å². The average Bonchev–Trinajstić information content (AvgIpc) is 3.74. The van der Waals surface area contributed by atoms with Gasteiger partial charge in [-0.15, -0.1) is 23.1 Å². The zero-order chi connectivity index (χ0) is 35.0. The van der Waals surface area contributed by atoms with Crippen LogP contribution < -0.4 is 16.0 Å². The van der Waals surface area contributed by atoms with E-state index in [1.807, 2.05) is 79.9 Å². The van der Waals surface area contributed by atoms with Crippen LogP contribution in [0.15, 0.2) is 125 Å². The maximum Gasteiger partial charge on any atom is 0.272 e. The average molecular weight is 696 g/mol. The summed E-state index contributed by atoms with van der Waals surface area (Å²) >= 11 is 2.70. The number of thiophene rings is 1. The van der Waals surface area contributed by atoms with Gasteiger partial charge in [-0.1, -0.05) is 79.2 Å². The van der Waals surface area contributed by atoms with Gasteiger partial charge in [0.25, 0.3) is 11.8 Å². The van der Waals surface area contributed by atoms with Crippen molar-refractivity contribution >= 4 is 68.5 Å². The van der Waals surface area contributed by atoms with E-state index in [1.165, 1.54) is 23.1 Å². The molecule has 1 unspecified atom stereocenters. The molecule has 248 valence electrons. The van der Waals surface area contributed by atoms with Crippen LogP contribution in [0.2, 0.25) is 0 Å². The Hall–Kier alpha value is -5.89. The third-order valence-electron chi connectivity index (χ3n) is 7.99. The number of hydrogen-bond acceptors (Lipinski definition) is 6. The van der Waals surface area contributed by atoms with Crippen molar-refractivity contribution in [3.8, 4) is 17.2 Å². The van der Waals surface area contributed by atoms with Crippen LogP contribution in [0.3, 0.4) is 0 Å². The number of rotatable bonds is 11. The summed E-state index contributed by atoms with van der Waals surface area (Å²) in [5, 5.41) is 21.5. The van der Waals surface area contributed by atoms with E-state index in [2.05, 4.69) is 27.0 Å². The summed E-state index contributed by atoms with van der Waals surface area (Å²) < 4.78 is 0. The van der Waals surface area contributed by atoms with Crippen molar-refractivity contribution in [3.05, 3.63) is 143 Å². The van der Waals surface area contributed by atoms with E-state index >= 15 is 0 Å². The Morgan fingerprint density at radius 3 is 2.46 bits per heavy atom. The molecular formula is C40H33N5O3S2. The molecule has 0 aliphatic rings. The van der Waals surface area contributed by atoms with Gasteiger partial charge < -0.3 is 20.9 Å². The van der Waals surface area contributed by atoms with Crippen molar-refractivity contribution in [3.63, 3.8) is 0 Å². The summed E-state index contributed by atoms with van der Waals surface area (Å²) in [6, 6.07) is 33.8. The van der Waals surface area contributed by atoms with Gasteiger partial charge in [0, 0.05) is 49.8 Å². The number of thioether (sulfide) groups is 1. The summed E-state index contributed by atoms with van der Waals surface area (Å²) in [4.78, 5) is 44.3. The lowest BCUT2D eigenvalue weighted by Crippen LogP contribution is -2.30. The number of carbonyl (C=O) groups excluding carboxylic acids is 3. The molecule has 6 aromatic rings. The first-order valence-corrected chi connectivity index (χ1v) is 17.7. The fourth-order valence-corrected chi connectivity index (χ4v) is 7.28. The van der Waals surface area contributed by atoms with Gasteiger partial charge in [0.15, 0.2) is 0 Å². The highest BCUT2D eigenvalue weighted by atomic mass is 32.2. The molecule has 0 aliphatic carbocycles. The molecule has 3 amide bonds. The molecule has 0 fully saturated rings. The Bertz CT molecular complexity index is 2250. The number of fused-ring (bicyclic) bond motifs is 1. The Morgan fingerprint density at radius 1 is 0.940 bits per heavy atom. The molecule has 4 N–H and O–H groups in total. The molecule has 6 rings (SSSR count). The number of aryl methyl sites for hydroxylation is 1. The summed E-state index contributed by atoms with van der Waals surface area (Å²) in [5.41, 5.74) is 5.91. The summed E-state index contributed by atoms with van der Waals surface area (Å²) in [6.45, 7) is 3.94. The van der Waals surface area contributed by atoms with Gasteiger partial charge in [-0.05, 0) is 61.4 Å². The predicted molar refractivity (Wildman–Crippen MR) is 203 cm³/mol. The molecule has 1 atom stereocenters. The van der Waals surface area contributed by atoms with Gasteiger partial charge in [0.05, 0.1) is 10.8 Å². The quantitative estimate of drug-likeness (QED) is 0.0795. The lowest BCUT2D eigenvalue weighted by atomic mass is 10.0. The molecule has 0 radical (unpaired) electrons. The minimum atomic E-state index is -0.502. The van der Waals surface area contributed by atoms with E-state index in [0.29, 0.717) is 28.2 Å². The number of amides is 3. The highest BCUT2D eigenvalue weighted by Crippen LogP contribution is 2.36. The number of nitrogens with one attached hydrogen (secondary N) is 4. The topological polar surface area (TPSA) is 127 Å². The number of para-hydroxylation sites is 1. The molecule has 10 heteroatoms. The maximum absolute atomic E-state index is 13.7. The Labute approximate surface area is 298 Å². The molecule has 0 saturated heterocycles. The Balaban J connectivity index is 1.18. The van der Waals surface area contributed by atoms with Crippen LogP contribution >= 0.6 is 23.1 Å². The van der Waals surface area contributed by atoms with E-state index in [4.69, 9.17) is 0 Å². The SMILES string of the molecule is CCC(Sc1cccc(NC(=O)/C(=C/c2c[nH]c3ccccc23)NC(=O)c2ccccc2)c1)C(=O)Nc1scc(-c2ccc(C)cc2)c1C#N. The lowest BCUT2D eigenvalue weighted by molar-refractivity contribution is -0.116. The number of benzene rings is 4. The number of hydrogen-bond donors (Lipinski definition) is 4. The van der Waals surface area contributed by atoms with Crippen LogP contribution in [-0.4, -0.2) is 28.0 Å². The molecule has 2 aromatic heterocycles. The number of aromatic nitrogens is 1. The van der Waals surface area contributed by atoms with Crippen LogP contribution in [-0.2, 0) is 9.59 Å². The zero-order valence-electron chi connectivity index (χ0n) is 27.3. The third-order valence-corrected chi connectivity index (χ3v) is 10.2. The predicted octanol–water partition coefficient (Wildman–Crippen LogP) is 9.00. The highest BCUT2D eigenvalue weighted by molar-refractivity contribution is 8.00. The molecule has 50 heavy (non-hydrogen) atoms. The minimum absolute atomic E-state index is 0.0710. The number of aromatic amines is 1.